The number of rotatable bonds is 0. The van der Waals surface area contributed by atoms with Gasteiger partial charge in [0.15, 0.2) is 0 Å². The van der Waals surface area contributed by atoms with Crippen molar-refractivity contribution >= 4 is 23.4 Å². The number of aliphatic hydroxyl groups excluding tert-OH is 1. The summed E-state index contributed by atoms with van der Waals surface area (Å²) < 4.78 is 13.2. The van der Waals surface area contributed by atoms with Crippen LogP contribution >= 0.6 is 23.4 Å². The first-order valence-corrected chi connectivity index (χ1v) is 6.28. The van der Waals surface area contributed by atoms with E-state index in [1.54, 1.807) is 11.8 Å². The van der Waals surface area contributed by atoms with Gasteiger partial charge in [0.05, 0.1) is 6.10 Å². The second kappa shape index (κ2) is 4.32. The van der Waals surface area contributed by atoms with Crippen LogP contribution in [0.4, 0.5) is 4.39 Å². The Bertz CT molecular complexity index is 383. The lowest BCUT2D eigenvalue weighted by atomic mass is 10.00. The Labute approximate surface area is 97.6 Å². The fraction of sp³-hybridized carbons (Fsp3) is 0.455. The average Bonchev–Trinajstić information content (AvgIpc) is 2.27. The van der Waals surface area contributed by atoms with Crippen LogP contribution in [0.25, 0.3) is 0 Å². The van der Waals surface area contributed by atoms with Crippen LogP contribution in [-0.2, 0) is 5.75 Å². The summed E-state index contributed by atoms with van der Waals surface area (Å²) in [6.45, 7) is 2.06. The summed E-state index contributed by atoms with van der Waals surface area (Å²) in [5, 5.41) is 10.7. The molecule has 0 bridgehead atoms. The van der Waals surface area contributed by atoms with Gasteiger partial charge in [-0.05, 0) is 29.7 Å². The molecule has 0 aromatic heterocycles. The second-order valence-corrected chi connectivity index (χ2v) is 5.66. The number of thioether (sulfide) groups is 1. The summed E-state index contributed by atoms with van der Waals surface area (Å²) in [7, 11) is 0. The van der Waals surface area contributed by atoms with E-state index in [9.17, 15) is 9.50 Å². The molecule has 0 radical (unpaired) electrons. The molecule has 1 aliphatic heterocycles. The van der Waals surface area contributed by atoms with Crippen molar-refractivity contribution in [1.82, 2.24) is 0 Å². The van der Waals surface area contributed by atoms with Crippen LogP contribution < -0.4 is 0 Å². The zero-order chi connectivity index (χ0) is 11.0. The van der Waals surface area contributed by atoms with Crippen LogP contribution in [0.1, 0.15) is 30.6 Å². The predicted octanol–water partition coefficient (Wildman–Crippen LogP) is 3.54. The highest BCUT2D eigenvalue weighted by atomic mass is 35.5. The Morgan fingerprint density at radius 1 is 1.53 bits per heavy atom. The lowest BCUT2D eigenvalue weighted by Crippen LogP contribution is -2.04. The fourth-order valence-corrected chi connectivity index (χ4v) is 3.26. The van der Waals surface area contributed by atoms with E-state index in [1.807, 2.05) is 0 Å². The quantitative estimate of drug-likeness (QED) is 0.756. The Hall–Kier alpha value is -0.250. The Morgan fingerprint density at radius 3 is 3.00 bits per heavy atom. The van der Waals surface area contributed by atoms with E-state index in [-0.39, 0.29) is 5.82 Å². The summed E-state index contributed by atoms with van der Waals surface area (Å²) in [6.07, 6.45) is 0.0514. The molecule has 1 heterocycles. The van der Waals surface area contributed by atoms with E-state index in [0.29, 0.717) is 22.3 Å². The molecule has 0 saturated heterocycles. The maximum Gasteiger partial charge on any atom is 0.125 e. The third-order valence-electron chi connectivity index (χ3n) is 2.62. The maximum absolute atomic E-state index is 13.2. The van der Waals surface area contributed by atoms with E-state index in [1.165, 1.54) is 12.1 Å². The maximum atomic E-state index is 13.2. The van der Waals surface area contributed by atoms with Crippen molar-refractivity contribution in [1.29, 1.82) is 0 Å². The molecular formula is C11H12ClFOS. The molecule has 1 nitrogen and oxygen atoms in total. The van der Waals surface area contributed by atoms with Crippen molar-refractivity contribution in [2.75, 3.05) is 0 Å². The normalized spacial score (nSPS) is 25.9. The van der Waals surface area contributed by atoms with Gasteiger partial charge >= 0.3 is 0 Å². The van der Waals surface area contributed by atoms with Crippen molar-refractivity contribution < 1.29 is 9.50 Å². The molecule has 2 unspecified atom stereocenters. The van der Waals surface area contributed by atoms with E-state index in [4.69, 9.17) is 11.6 Å². The third kappa shape index (κ3) is 2.30. The smallest absolute Gasteiger partial charge is 0.125 e. The summed E-state index contributed by atoms with van der Waals surface area (Å²) in [5.41, 5.74) is 1.52. The van der Waals surface area contributed by atoms with Gasteiger partial charge in [0, 0.05) is 16.0 Å². The summed E-state index contributed by atoms with van der Waals surface area (Å²) in [4.78, 5) is 0. The SMILES string of the molecule is CC1CC(O)c2cc(F)cc(Cl)c2CS1. The zero-order valence-electron chi connectivity index (χ0n) is 8.34. The Morgan fingerprint density at radius 2 is 2.27 bits per heavy atom. The first kappa shape index (κ1) is 11.2. The van der Waals surface area contributed by atoms with Crippen molar-refractivity contribution in [3.63, 3.8) is 0 Å². The minimum Gasteiger partial charge on any atom is -0.388 e. The minimum absolute atomic E-state index is 0.367. The van der Waals surface area contributed by atoms with Gasteiger partial charge in [0.25, 0.3) is 0 Å². The summed E-state index contributed by atoms with van der Waals surface area (Å²) >= 11 is 7.71. The monoisotopic (exact) mass is 246 g/mol. The molecule has 2 rings (SSSR count). The minimum atomic E-state index is -0.599. The van der Waals surface area contributed by atoms with Crippen molar-refractivity contribution in [3.8, 4) is 0 Å². The number of halogens is 2. The molecule has 15 heavy (non-hydrogen) atoms. The van der Waals surface area contributed by atoms with Crippen LogP contribution in [0.5, 0.6) is 0 Å². The molecule has 1 aromatic carbocycles. The van der Waals surface area contributed by atoms with Gasteiger partial charge in [0.1, 0.15) is 5.82 Å². The van der Waals surface area contributed by atoms with E-state index < -0.39 is 6.10 Å². The van der Waals surface area contributed by atoms with Gasteiger partial charge < -0.3 is 5.11 Å². The summed E-state index contributed by atoms with van der Waals surface area (Å²) in [6, 6.07) is 2.70. The van der Waals surface area contributed by atoms with E-state index in [2.05, 4.69) is 6.92 Å². The third-order valence-corrected chi connectivity index (χ3v) is 4.18. The number of hydrogen-bond acceptors (Lipinski definition) is 2. The molecule has 4 heteroatoms. The lowest BCUT2D eigenvalue weighted by Gasteiger charge is -2.13. The molecule has 1 N–H and O–H groups in total. The fourth-order valence-electron chi connectivity index (χ4n) is 1.81. The Kier molecular flexibility index (Phi) is 3.24. The molecule has 0 saturated carbocycles. The van der Waals surface area contributed by atoms with Gasteiger partial charge in [-0.1, -0.05) is 18.5 Å². The largest absolute Gasteiger partial charge is 0.388 e. The van der Waals surface area contributed by atoms with Gasteiger partial charge in [-0.15, -0.1) is 0 Å². The molecule has 0 spiro atoms. The molecule has 0 fully saturated rings. The Balaban J connectivity index is 2.48. The standard InChI is InChI=1S/C11H12ClFOS/c1-6-2-11(14)8-3-7(13)4-10(12)9(8)5-15-6/h3-4,6,11,14H,2,5H2,1H3. The molecule has 2 atom stereocenters. The molecule has 82 valence electrons. The van der Waals surface area contributed by atoms with Gasteiger partial charge in [-0.25, -0.2) is 4.39 Å². The average molecular weight is 247 g/mol. The van der Waals surface area contributed by atoms with E-state index >= 15 is 0 Å². The van der Waals surface area contributed by atoms with Gasteiger partial charge in [-0.3, -0.25) is 0 Å². The lowest BCUT2D eigenvalue weighted by molar-refractivity contribution is 0.168. The highest BCUT2D eigenvalue weighted by Gasteiger charge is 2.23. The van der Waals surface area contributed by atoms with Gasteiger partial charge in [0.2, 0.25) is 0 Å². The van der Waals surface area contributed by atoms with Crippen LogP contribution in [0, 0.1) is 5.82 Å². The summed E-state index contributed by atoms with van der Waals surface area (Å²) in [5.74, 6) is 0.365. The van der Waals surface area contributed by atoms with Crippen molar-refractivity contribution in [2.24, 2.45) is 0 Å². The molecule has 0 aliphatic carbocycles. The molecule has 1 aromatic rings. The molecular weight excluding hydrogens is 235 g/mol. The second-order valence-electron chi connectivity index (χ2n) is 3.83. The topological polar surface area (TPSA) is 20.2 Å². The number of aliphatic hydroxyl groups is 1. The number of fused-ring (bicyclic) bond motifs is 1. The van der Waals surface area contributed by atoms with Crippen LogP contribution in [0.15, 0.2) is 12.1 Å². The number of hydrogen-bond donors (Lipinski definition) is 1. The number of benzene rings is 1. The highest BCUT2D eigenvalue weighted by Crippen LogP contribution is 2.38. The highest BCUT2D eigenvalue weighted by molar-refractivity contribution is 7.99. The first-order valence-electron chi connectivity index (χ1n) is 4.85. The van der Waals surface area contributed by atoms with Crippen LogP contribution in [-0.4, -0.2) is 10.4 Å². The van der Waals surface area contributed by atoms with Crippen LogP contribution in [0.3, 0.4) is 0 Å². The van der Waals surface area contributed by atoms with Crippen LogP contribution in [0.2, 0.25) is 5.02 Å². The van der Waals surface area contributed by atoms with Gasteiger partial charge in [-0.2, -0.15) is 11.8 Å². The van der Waals surface area contributed by atoms with Crippen molar-refractivity contribution in [3.05, 3.63) is 34.1 Å². The molecule has 1 aliphatic rings. The van der Waals surface area contributed by atoms with E-state index in [0.717, 1.165) is 11.3 Å². The first-order chi connectivity index (χ1) is 7.08. The molecule has 0 amide bonds. The predicted molar refractivity (Wildman–Crippen MR) is 61.7 cm³/mol. The van der Waals surface area contributed by atoms with Crippen molar-refractivity contribution in [2.45, 2.75) is 30.5 Å². The zero-order valence-corrected chi connectivity index (χ0v) is 9.91.